The van der Waals surface area contributed by atoms with Crippen LogP contribution in [0.1, 0.15) is 29.3 Å². The van der Waals surface area contributed by atoms with Gasteiger partial charge in [0.25, 0.3) is 5.91 Å². The molecule has 1 atom stereocenters. The summed E-state index contributed by atoms with van der Waals surface area (Å²) in [6, 6.07) is 3.92. The molecule has 4 N–H and O–H groups in total. The van der Waals surface area contributed by atoms with Gasteiger partial charge in [-0.05, 0) is 24.6 Å². The molecule has 1 aliphatic heterocycles. The zero-order valence-corrected chi connectivity index (χ0v) is 11.2. The van der Waals surface area contributed by atoms with Gasteiger partial charge in [0, 0.05) is 7.05 Å². The van der Waals surface area contributed by atoms with E-state index in [1.165, 1.54) is 24.1 Å². The average molecular weight is 278 g/mol. The van der Waals surface area contributed by atoms with Gasteiger partial charge < -0.3 is 11.5 Å². The quantitative estimate of drug-likeness (QED) is 0.814. The van der Waals surface area contributed by atoms with Gasteiger partial charge in [-0.3, -0.25) is 14.5 Å². The molecule has 1 aromatic rings. The number of amides is 2. The highest BCUT2D eigenvalue weighted by Gasteiger charge is 2.36. The van der Waals surface area contributed by atoms with Crippen LogP contribution < -0.4 is 11.5 Å². The van der Waals surface area contributed by atoms with E-state index in [-0.39, 0.29) is 23.9 Å². The Kier molecular flexibility index (Phi) is 3.21. The first-order valence-corrected chi connectivity index (χ1v) is 5.96. The van der Waals surface area contributed by atoms with Gasteiger partial charge in [-0.2, -0.15) is 0 Å². The number of nitrogens with two attached hydrogens (primary N) is 2. The maximum absolute atomic E-state index is 13.5. The summed E-state index contributed by atoms with van der Waals surface area (Å²) in [5.74, 6) is -1.70. The lowest BCUT2D eigenvalue weighted by Gasteiger charge is -2.33. The monoisotopic (exact) mass is 278 g/mol. The summed E-state index contributed by atoms with van der Waals surface area (Å²) in [6.07, 6.45) is 0.0774. The molecule has 1 aromatic carbocycles. The molecular formula is C13H15FN4O2. The molecule has 0 aliphatic carbocycles. The van der Waals surface area contributed by atoms with E-state index in [2.05, 4.69) is 4.99 Å². The number of benzene rings is 1. The number of rotatable bonds is 2. The lowest BCUT2D eigenvalue weighted by atomic mass is 9.86. The number of nitrogens with zero attached hydrogens (tertiary/aromatic N) is 2. The van der Waals surface area contributed by atoms with Crippen molar-refractivity contribution in [2.75, 3.05) is 7.05 Å². The molecule has 0 bridgehead atoms. The third kappa shape index (κ3) is 2.22. The molecule has 0 saturated heterocycles. The predicted octanol–water partition coefficient (Wildman–Crippen LogP) is 0.317. The fourth-order valence-corrected chi connectivity index (χ4v) is 2.12. The van der Waals surface area contributed by atoms with Gasteiger partial charge in [0.15, 0.2) is 5.96 Å². The van der Waals surface area contributed by atoms with Crippen LogP contribution in [0.2, 0.25) is 0 Å². The second-order valence-electron chi connectivity index (χ2n) is 4.93. The first kappa shape index (κ1) is 14.0. The van der Waals surface area contributed by atoms with Crippen LogP contribution in [0.4, 0.5) is 4.39 Å². The molecule has 0 unspecified atom stereocenters. The highest BCUT2D eigenvalue weighted by atomic mass is 19.1. The zero-order valence-electron chi connectivity index (χ0n) is 11.2. The smallest absolute Gasteiger partial charge is 0.251 e. The minimum absolute atomic E-state index is 0.0774. The number of hydrogen-bond donors (Lipinski definition) is 2. The van der Waals surface area contributed by atoms with Crippen LogP contribution in [0.3, 0.4) is 0 Å². The number of aliphatic imine (C=N–C) groups is 1. The van der Waals surface area contributed by atoms with Crippen LogP contribution in [-0.2, 0) is 10.3 Å². The zero-order chi connectivity index (χ0) is 15.1. The Morgan fingerprint density at radius 1 is 1.50 bits per heavy atom. The van der Waals surface area contributed by atoms with Crippen LogP contribution in [0.5, 0.6) is 0 Å². The first-order valence-electron chi connectivity index (χ1n) is 5.96. The van der Waals surface area contributed by atoms with Gasteiger partial charge in [-0.1, -0.05) is 6.07 Å². The van der Waals surface area contributed by atoms with Gasteiger partial charge in [0.1, 0.15) is 5.82 Å². The number of halogens is 1. The molecule has 1 heterocycles. The number of hydrogen-bond acceptors (Lipinski definition) is 4. The van der Waals surface area contributed by atoms with E-state index < -0.39 is 17.3 Å². The Bertz CT molecular complexity index is 629. The summed E-state index contributed by atoms with van der Waals surface area (Å²) < 4.78 is 13.5. The van der Waals surface area contributed by atoms with Gasteiger partial charge in [0.2, 0.25) is 5.91 Å². The van der Waals surface area contributed by atoms with Gasteiger partial charge in [-0.25, -0.2) is 9.38 Å². The van der Waals surface area contributed by atoms with Crippen molar-refractivity contribution in [3.8, 4) is 0 Å². The summed E-state index contributed by atoms with van der Waals surface area (Å²) in [4.78, 5) is 28.6. The van der Waals surface area contributed by atoms with Crippen molar-refractivity contribution >= 4 is 17.8 Å². The van der Waals surface area contributed by atoms with Crippen LogP contribution in [0.25, 0.3) is 0 Å². The molecule has 0 spiro atoms. The van der Waals surface area contributed by atoms with E-state index in [0.29, 0.717) is 5.56 Å². The summed E-state index contributed by atoms with van der Waals surface area (Å²) in [5.41, 5.74) is 10.2. The highest BCUT2D eigenvalue weighted by Crippen LogP contribution is 2.33. The maximum atomic E-state index is 13.5. The molecule has 0 fully saturated rings. The van der Waals surface area contributed by atoms with Gasteiger partial charge in [-0.15, -0.1) is 0 Å². The molecule has 2 amide bonds. The normalized spacial score (nSPS) is 22.6. The van der Waals surface area contributed by atoms with E-state index in [1.54, 1.807) is 6.92 Å². The summed E-state index contributed by atoms with van der Waals surface area (Å²) in [7, 11) is 1.53. The van der Waals surface area contributed by atoms with Crippen molar-refractivity contribution in [1.82, 2.24) is 4.90 Å². The highest BCUT2D eigenvalue weighted by molar-refractivity contribution is 5.99. The number of carbonyl (C=O) groups excluding carboxylic acids is 2. The van der Waals surface area contributed by atoms with E-state index >= 15 is 0 Å². The van der Waals surface area contributed by atoms with Crippen molar-refractivity contribution in [2.45, 2.75) is 18.9 Å². The Hall–Kier alpha value is -2.44. The Morgan fingerprint density at radius 2 is 2.15 bits per heavy atom. The summed E-state index contributed by atoms with van der Waals surface area (Å²) in [6.45, 7) is 1.70. The third-order valence-electron chi connectivity index (χ3n) is 3.43. The lowest BCUT2D eigenvalue weighted by molar-refractivity contribution is -0.128. The van der Waals surface area contributed by atoms with Crippen molar-refractivity contribution in [3.05, 3.63) is 35.1 Å². The van der Waals surface area contributed by atoms with E-state index in [4.69, 9.17) is 11.5 Å². The minimum atomic E-state index is -0.939. The van der Waals surface area contributed by atoms with E-state index in [0.717, 1.165) is 6.07 Å². The summed E-state index contributed by atoms with van der Waals surface area (Å²) >= 11 is 0. The fourth-order valence-electron chi connectivity index (χ4n) is 2.12. The Morgan fingerprint density at radius 3 is 2.70 bits per heavy atom. The van der Waals surface area contributed by atoms with Crippen LogP contribution >= 0.6 is 0 Å². The van der Waals surface area contributed by atoms with Crippen molar-refractivity contribution < 1.29 is 14.0 Å². The second-order valence-corrected chi connectivity index (χ2v) is 4.93. The Labute approximate surface area is 115 Å². The molecule has 2 rings (SSSR count). The SMILES string of the molecule is CN1C(=O)C[C@@](C)(c2ccc(F)c(C(N)=O)c2)N=C1N. The number of primary amides is 1. The molecule has 0 saturated carbocycles. The van der Waals surface area contributed by atoms with Crippen LogP contribution in [0, 0.1) is 5.82 Å². The average Bonchev–Trinajstić information content (AvgIpc) is 2.35. The minimum Gasteiger partial charge on any atom is -0.369 e. The van der Waals surface area contributed by atoms with Crippen molar-refractivity contribution in [3.63, 3.8) is 0 Å². The largest absolute Gasteiger partial charge is 0.369 e. The van der Waals surface area contributed by atoms with Crippen LogP contribution in [-0.4, -0.2) is 29.7 Å². The third-order valence-corrected chi connectivity index (χ3v) is 3.43. The molecular weight excluding hydrogens is 263 g/mol. The number of guanidine groups is 1. The van der Waals surface area contributed by atoms with Gasteiger partial charge in [0.05, 0.1) is 17.5 Å². The van der Waals surface area contributed by atoms with Crippen molar-refractivity contribution in [2.24, 2.45) is 16.5 Å². The molecule has 0 aromatic heterocycles. The molecule has 6 nitrogen and oxygen atoms in total. The van der Waals surface area contributed by atoms with E-state index in [9.17, 15) is 14.0 Å². The first-order chi connectivity index (χ1) is 9.24. The lowest BCUT2D eigenvalue weighted by Crippen LogP contribution is -2.47. The molecule has 7 heteroatoms. The predicted molar refractivity (Wildman–Crippen MR) is 71.3 cm³/mol. The number of carbonyl (C=O) groups is 2. The molecule has 1 aliphatic rings. The topological polar surface area (TPSA) is 102 Å². The van der Waals surface area contributed by atoms with Crippen molar-refractivity contribution in [1.29, 1.82) is 0 Å². The molecule has 106 valence electrons. The molecule has 20 heavy (non-hydrogen) atoms. The van der Waals surface area contributed by atoms with E-state index in [1.807, 2.05) is 0 Å². The molecule has 0 radical (unpaired) electrons. The Balaban J connectivity index is 2.53. The maximum Gasteiger partial charge on any atom is 0.251 e. The van der Waals surface area contributed by atoms with Gasteiger partial charge >= 0.3 is 0 Å². The fraction of sp³-hybridized carbons (Fsp3) is 0.308. The van der Waals surface area contributed by atoms with Crippen LogP contribution in [0.15, 0.2) is 23.2 Å². The summed E-state index contributed by atoms with van der Waals surface area (Å²) in [5, 5.41) is 0. The standard InChI is InChI=1S/C13H15FN4O2/c1-13(6-10(19)18(2)12(16)17-13)7-3-4-9(14)8(5-7)11(15)20/h3-5H,6H2,1-2H3,(H2,15,20)(H2,16,17)/t13-/m0/s1. The second kappa shape index (κ2) is 4.59.